The van der Waals surface area contributed by atoms with Gasteiger partial charge in [0.1, 0.15) is 22.3 Å². The average Bonchev–Trinajstić information content (AvgIpc) is 2.33. The lowest BCUT2D eigenvalue weighted by Crippen LogP contribution is -2.10. The van der Waals surface area contributed by atoms with Crippen LogP contribution in [0.2, 0.25) is 5.02 Å². The molecule has 0 aromatic heterocycles. The lowest BCUT2D eigenvalue weighted by molar-refractivity contribution is 0.480. The van der Waals surface area contributed by atoms with Crippen molar-refractivity contribution in [1.29, 1.82) is 0 Å². The summed E-state index contributed by atoms with van der Waals surface area (Å²) in [4.78, 5) is 0.342. The molecule has 0 bridgehead atoms. The molecule has 98 valence electrons. The Bertz CT molecular complexity index is 645. The summed E-state index contributed by atoms with van der Waals surface area (Å²) in [5.74, 6) is 0.600. The second kappa shape index (κ2) is 5.55. The van der Waals surface area contributed by atoms with Crippen LogP contribution in [0.25, 0.3) is 0 Å². The maximum Gasteiger partial charge on any atom is 0.142 e. The van der Waals surface area contributed by atoms with Gasteiger partial charge < -0.3 is 10.5 Å². The summed E-state index contributed by atoms with van der Waals surface area (Å²) >= 11 is 10.6. The van der Waals surface area contributed by atoms with E-state index < -0.39 is 5.82 Å². The molecule has 0 amide bonds. The van der Waals surface area contributed by atoms with Crippen molar-refractivity contribution in [2.45, 2.75) is 6.92 Å². The predicted octanol–water partition coefficient (Wildman–Crippen LogP) is 4.21. The molecule has 19 heavy (non-hydrogen) atoms. The van der Waals surface area contributed by atoms with Crippen molar-refractivity contribution >= 4 is 28.8 Å². The number of ether oxygens (including phenoxy) is 1. The molecule has 2 nitrogen and oxygen atoms in total. The number of nitrogens with two attached hydrogens (primary N) is 1. The monoisotopic (exact) mass is 295 g/mol. The van der Waals surface area contributed by atoms with Crippen LogP contribution in [0, 0.1) is 12.7 Å². The molecule has 5 heteroatoms. The fraction of sp³-hybridized carbons (Fsp3) is 0.0714. The van der Waals surface area contributed by atoms with Crippen LogP contribution in [-0.4, -0.2) is 4.99 Å². The van der Waals surface area contributed by atoms with E-state index in [1.165, 1.54) is 18.2 Å². The standard InChI is InChI=1S/C14H11ClFNOS/c1-8-6-9(2-4-11(8)14(17)19)18-10-3-5-13(16)12(15)7-10/h2-7H,1H3,(H2,17,19). The second-order valence-electron chi connectivity index (χ2n) is 4.02. The lowest BCUT2D eigenvalue weighted by atomic mass is 10.1. The number of rotatable bonds is 3. The van der Waals surface area contributed by atoms with Crippen molar-refractivity contribution in [3.63, 3.8) is 0 Å². The zero-order chi connectivity index (χ0) is 14.0. The van der Waals surface area contributed by atoms with E-state index in [1.54, 1.807) is 12.1 Å². The van der Waals surface area contributed by atoms with E-state index in [1.807, 2.05) is 13.0 Å². The second-order valence-corrected chi connectivity index (χ2v) is 4.87. The van der Waals surface area contributed by atoms with Gasteiger partial charge in [-0.1, -0.05) is 23.8 Å². The third kappa shape index (κ3) is 3.22. The largest absolute Gasteiger partial charge is 0.457 e. The van der Waals surface area contributed by atoms with E-state index in [0.717, 1.165) is 11.1 Å². The molecule has 2 aromatic carbocycles. The van der Waals surface area contributed by atoms with Crippen LogP contribution in [0.5, 0.6) is 11.5 Å². The molecule has 0 atom stereocenters. The van der Waals surface area contributed by atoms with E-state index >= 15 is 0 Å². The van der Waals surface area contributed by atoms with Crippen molar-refractivity contribution in [3.05, 3.63) is 58.4 Å². The van der Waals surface area contributed by atoms with Crippen molar-refractivity contribution in [3.8, 4) is 11.5 Å². The molecule has 0 unspecified atom stereocenters. The topological polar surface area (TPSA) is 35.2 Å². The van der Waals surface area contributed by atoms with Gasteiger partial charge in [0, 0.05) is 11.6 Å². The maximum absolute atomic E-state index is 13.0. The highest BCUT2D eigenvalue weighted by molar-refractivity contribution is 7.80. The summed E-state index contributed by atoms with van der Waals surface area (Å²) in [5, 5.41) is 0.0222. The average molecular weight is 296 g/mol. The minimum Gasteiger partial charge on any atom is -0.457 e. The molecule has 2 N–H and O–H groups in total. The predicted molar refractivity (Wildman–Crippen MR) is 78.6 cm³/mol. The third-order valence-corrected chi connectivity index (χ3v) is 3.10. The first-order valence-corrected chi connectivity index (χ1v) is 6.29. The SMILES string of the molecule is Cc1cc(Oc2ccc(F)c(Cl)c2)ccc1C(N)=S. The Morgan fingerprint density at radius 1 is 1.21 bits per heavy atom. The van der Waals surface area contributed by atoms with Gasteiger partial charge in [0.2, 0.25) is 0 Å². The fourth-order valence-corrected chi connectivity index (χ4v) is 2.05. The Hall–Kier alpha value is -1.65. The molecule has 0 heterocycles. The Balaban J connectivity index is 2.26. The van der Waals surface area contributed by atoms with Crippen LogP contribution in [0.15, 0.2) is 36.4 Å². The number of halogens is 2. The molecule has 2 rings (SSSR count). The van der Waals surface area contributed by atoms with Crippen LogP contribution >= 0.6 is 23.8 Å². The molecule has 0 aliphatic rings. The van der Waals surface area contributed by atoms with E-state index in [-0.39, 0.29) is 5.02 Å². The number of aryl methyl sites for hydroxylation is 1. The highest BCUT2D eigenvalue weighted by Crippen LogP contribution is 2.27. The number of hydrogen-bond donors (Lipinski definition) is 1. The van der Waals surface area contributed by atoms with Gasteiger partial charge in [0.05, 0.1) is 5.02 Å². The Morgan fingerprint density at radius 3 is 2.42 bits per heavy atom. The number of thiocarbonyl (C=S) groups is 1. The molecule has 2 aromatic rings. The molecule has 0 saturated carbocycles. The molecule has 0 fully saturated rings. The first-order chi connectivity index (χ1) is 8.97. The molecule has 0 radical (unpaired) electrons. The molecule has 0 spiro atoms. The quantitative estimate of drug-likeness (QED) is 0.861. The van der Waals surface area contributed by atoms with Gasteiger partial charge in [0.15, 0.2) is 0 Å². The van der Waals surface area contributed by atoms with E-state index in [0.29, 0.717) is 16.5 Å². The first-order valence-electron chi connectivity index (χ1n) is 5.51. The van der Waals surface area contributed by atoms with Crippen molar-refractivity contribution in [1.82, 2.24) is 0 Å². The molecular weight excluding hydrogens is 285 g/mol. The van der Waals surface area contributed by atoms with Crippen molar-refractivity contribution in [2.75, 3.05) is 0 Å². The summed E-state index contributed by atoms with van der Waals surface area (Å²) in [6.07, 6.45) is 0. The zero-order valence-electron chi connectivity index (χ0n) is 10.1. The van der Waals surface area contributed by atoms with E-state index in [9.17, 15) is 4.39 Å². The summed E-state index contributed by atoms with van der Waals surface area (Å²) < 4.78 is 18.6. The Kier molecular flexibility index (Phi) is 4.02. The van der Waals surface area contributed by atoms with Gasteiger partial charge in [-0.3, -0.25) is 0 Å². The molecule has 0 aliphatic carbocycles. The van der Waals surface area contributed by atoms with Gasteiger partial charge in [-0.05, 0) is 42.8 Å². The van der Waals surface area contributed by atoms with E-state index in [4.69, 9.17) is 34.3 Å². The fourth-order valence-electron chi connectivity index (χ4n) is 1.65. The van der Waals surface area contributed by atoms with Gasteiger partial charge in [-0.25, -0.2) is 4.39 Å². The summed E-state index contributed by atoms with van der Waals surface area (Å²) in [5.41, 5.74) is 7.31. The van der Waals surface area contributed by atoms with Gasteiger partial charge >= 0.3 is 0 Å². The molecule has 0 aliphatic heterocycles. The Morgan fingerprint density at radius 2 is 1.84 bits per heavy atom. The van der Waals surface area contributed by atoms with Gasteiger partial charge in [-0.15, -0.1) is 0 Å². The lowest BCUT2D eigenvalue weighted by Gasteiger charge is -2.09. The van der Waals surface area contributed by atoms with Crippen LogP contribution in [0.1, 0.15) is 11.1 Å². The normalized spacial score (nSPS) is 10.3. The van der Waals surface area contributed by atoms with Crippen LogP contribution in [-0.2, 0) is 0 Å². The highest BCUT2D eigenvalue weighted by atomic mass is 35.5. The van der Waals surface area contributed by atoms with Crippen LogP contribution in [0.4, 0.5) is 4.39 Å². The van der Waals surface area contributed by atoms with Gasteiger partial charge in [0.25, 0.3) is 0 Å². The smallest absolute Gasteiger partial charge is 0.142 e. The molecular formula is C14H11ClFNOS. The number of hydrogen-bond acceptors (Lipinski definition) is 2. The highest BCUT2D eigenvalue weighted by Gasteiger charge is 2.06. The van der Waals surface area contributed by atoms with Gasteiger partial charge in [-0.2, -0.15) is 0 Å². The molecule has 0 saturated heterocycles. The minimum atomic E-state index is -0.478. The summed E-state index contributed by atoms with van der Waals surface area (Å²) in [6, 6.07) is 9.54. The third-order valence-electron chi connectivity index (χ3n) is 2.59. The first kappa shape index (κ1) is 13.8. The van der Waals surface area contributed by atoms with Crippen molar-refractivity contribution < 1.29 is 9.13 Å². The maximum atomic E-state index is 13.0. The zero-order valence-corrected chi connectivity index (χ0v) is 11.7. The van der Waals surface area contributed by atoms with Crippen LogP contribution < -0.4 is 10.5 Å². The van der Waals surface area contributed by atoms with Crippen LogP contribution in [0.3, 0.4) is 0 Å². The summed E-state index contributed by atoms with van der Waals surface area (Å²) in [7, 11) is 0. The minimum absolute atomic E-state index is 0.0222. The summed E-state index contributed by atoms with van der Waals surface area (Å²) in [6.45, 7) is 1.89. The van der Waals surface area contributed by atoms with Crippen molar-refractivity contribution in [2.24, 2.45) is 5.73 Å². The van der Waals surface area contributed by atoms with E-state index in [2.05, 4.69) is 0 Å². The Labute approximate surface area is 120 Å². The number of benzene rings is 2.